The highest BCUT2D eigenvalue weighted by atomic mass is 79.9. The van der Waals surface area contributed by atoms with Gasteiger partial charge in [0.05, 0.1) is 0 Å². The van der Waals surface area contributed by atoms with Crippen molar-refractivity contribution in [3.63, 3.8) is 0 Å². The average Bonchev–Trinajstić information content (AvgIpc) is 2.61. The number of unbranched alkanes of at least 4 members (excludes halogenated alkanes) is 14. The van der Waals surface area contributed by atoms with Gasteiger partial charge in [-0.3, -0.25) is 0 Å². The molecular formula is C24H44BrN. The van der Waals surface area contributed by atoms with Crippen molar-refractivity contribution >= 4 is 0 Å². The molecule has 0 N–H and O–H groups in total. The summed E-state index contributed by atoms with van der Waals surface area (Å²) in [6.45, 7) is 7.87. The Morgan fingerprint density at radius 3 is 1.46 bits per heavy atom. The first-order valence-corrected chi connectivity index (χ1v) is 11.2. The van der Waals surface area contributed by atoms with Crippen LogP contribution >= 0.6 is 0 Å². The van der Waals surface area contributed by atoms with Gasteiger partial charge in [-0.2, -0.15) is 0 Å². The molecule has 0 unspecified atom stereocenters. The van der Waals surface area contributed by atoms with Crippen molar-refractivity contribution in [2.24, 2.45) is 0 Å². The number of aromatic nitrogens is 1. The summed E-state index contributed by atoms with van der Waals surface area (Å²) in [7, 11) is 0. The molecule has 0 bridgehead atoms. The smallest absolute Gasteiger partial charge is 0.171 e. The van der Waals surface area contributed by atoms with E-state index >= 15 is 0 Å². The average molecular weight is 427 g/mol. The van der Waals surface area contributed by atoms with Gasteiger partial charge in [-0.15, -0.1) is 0 Å². The minimum Gasteiger partial charge on any atom is -1.00 e. The van der Waals surface area contributed by atoms with Crippen molar-refractivity contribution in [1.29, 1.82) is 0 Å². The highest BCUT2D eigenvalue weighted by Crippen LogP contribution is 2.13. The Morgan fingerprint density at radius 1 is 0.615 bits per heavy atom. The fourth-order valence-corrected chi connectivity index (χ4v) is 3.54. The van der Waals surface area contributed by atoms with E-state index in [4.69, 9.17) is 0 Å². The lowest BCUT2D eigenvalue weighted by atomic mass is 10.0. The molecular weight excluding hydrogens is 382 g/mol. The molecule has 2 heteroatoms. The van der Waals surface area contributed by atoms with E-state index in [-0.39, 0.29) is 17.0 Å². The largest absolute Gasteiger partial charge is 1.00 e. The molecule has 0 aliphatic carbocycles. The molecule has 1 aromatic rings. The number of pyridine rings is 1. The minimum absolute atomic E-state index is 0. The molecule has 0 saturated heterocycles. The predicted octanol–water partition coefficient (Wildman–Crippen LogP) is 4.47. The van der Waals surface area contributed by atoms with Gasteiger partial charge in [0, 0.05) is 18.1 Å². The Hall–Kier alpha value is -0.370. The Morgan fingerprint density at radius 2 is 1.04 bits per heavy atom. The maximum atomic E-state index is 2.35. The predicted molar refractivity (Wildman–Crippen MR) is 111 cm³/mol. The molecule has 0 atom stereocenters. The minimum atomic E-state index is 0. The van der Waals surface area contributed by atoms with Crippen LogP contribution in [-0.4, -0.2) is 0 Å². The van der Waals surface area contributed by atoms with E-state index in [0.29, 0.717) is 0 Å². The van der Waals surface area contributed by atoms with Gasteiger partial charge >= 0.3 is 0 Å². The number of hydrogen-bond acceptors (Lipinski definition) is 0. The van der Waals surface area contributed by atoms with Crippen LogP contribution in [0.2, 0.25) is 0 Å². The summed E-state index contributed by atoms with van der Waals surface area (Å²) in [5.41, 5.74) is 2.80. The molecule has 0 aromatic carbocycles. The highest BCUT2D eigenvalue weighted by molar-refractivity contribution is 5.16. The van der Waals surface area contributed by atoms with Gasteiger partial charge in [0.2, 0.25) is 0 Å². The van der Waals surface area contributed by atoms with Crippen LogP contribution in [0.25, 0.3) is 0 Å². The van der Waals surface area contributed by atoms with Gasteiger partial charge in [0.1, 0.15) is 6.54 Å². The monoisotopic (exact) mass is 425 g/mol. The van der Waals surface area contributed by atoms with Gasteiger partial charge in [0.15, 0.2) is 12.4 Å². The normalized spacial score (nSPS) is 10.7. The van der Waals surface area contributed by atoms with Crippen molar-refractivity contribution in [2.45, 2.75) is 124 Å². The molecule has 1 rings (SSSR count). The zero-order chi connectivity index (χ0) is 18.2. The van der Waals surface area contributed by atoms with Gasteiger partial charge in [-0.1, -0.05) is 90.4 Å². The number of nitrogens with zero attached hydrogens (tertiary/aromatic N) is 1. The van der Waals surface area contributed by atoms with Gasteiger partial charge in [-0.25, -0.2) is 4.57 Å². The van der Waals surface area contributed by atoms with E-state index in [0.717, 1.165) is 0 Å². The number of halogens is 1. The fraction of sp³-hybridized carbons (Fsp3) is 0.792. The van der Waals surface area contributed by atoms with Crippen molar-refractivity contribution in [1.82, 2.24) is 0 Å². The fourth-order valence-electron chi connectivity index (χ4n) is 3.54. The molecule has 1 nitrogen and oxygen atoms in total. The molecule has 0 radical (unpaired) electrons. The van der Waals surface area contributed by atoms with Crippen LogP contribution in [0.4, 0.5) is 0 Å². The number of aryl methyl sites for hydroxylation is 3. The van der Waals surface area contributed by atoms with Crippen LogP contribution in [0.1, 0.15) is 114 Å². The van der Waals surface area contributed by atoms with Crippen molar-refractivity contribution in [3.05, 3.63) is 29.6 Å². The second-order valence-corrected chi connectivity index (χ2v) is 8.00. The second kappa shape index (κ2) is 18.0. The Labute approximate surface area is 174 Å². The van der Waals surface area contributed by atoms with Gasteiger partial charge in [-0.05, 0) is 25.8 Å². The highest BCUT2D eigenvalue weighted by Gasteiger charge is 2.02. The maximum Gasteiger partial charge on any atom is 0.171 e. The SMILES string of the molecule is CCCCCCCCCCCCCCCCC[n+]1ccc(C)c(C)c1.[Br-]. The third kappa shape index (κ3) is 13.8. The zero-order valence-corrected chi connectivity index (χ0v) is 19.5. The molecule has 0 spiro atoms. The van der Waals surface area contributed by atoms with Crippen LogP contribution in [0.15, 0.2) is 18.5 Å². The molecule has 26 heavy (non-hydrogen) atoms. The van der Waals surface area contributed by atoms with Crippen LogP contribution in [0.3, 0.4) is 0 Å². The summed E-state index contributed by atoms with van der Waals surface area (Å²) < 4.78 is 2.35. The van der Waals surface area contributed by atoms with E-state index in [2.05, 4.69) is 43.8 Å². The summed E-state index contributed by atoms with van der Waals surface area (Å²) in [5.74, 6) is 0. The summed E-state index contributed by atoms with van der Waals surface area (Å²) in [4.78, 5) is 0. The summed E-state index contributed by atoms with van der Waals surface area (Å²) in [6, 6.07) is 2.24. The van der Waals surface area contributed by atoms with Crippen LogP contribution in [0.5, 0.6) is 0 Å². The van der Waals surface area contributed by atoms with E-state index in [1.54, 1.807) is 0 Å². The van der Waals surface area contributed by atoms with Crippen LogP contribution in [-0.2, 0) is 6.54 Å². The molecule has 0 saturated carbocycles. The molecule has 1 heterocycles. The quantitative estimate of drug-likeness (QED) is 0.271. The van der Waals surface area contributed by atoms with Gasteiger partial charge in [0.25, 0.3) is 0 Å². The Kier molecular flexibility index (Phi) is 17.8. The van der Waals surface area contributed by atoms with E-state index < -0.39 is 0 Å². The second-order valence-electron chi connectivity index (χ2n) is 8.00. The molecule has 0 amide bonds. The molecule has 0 aliphatic heterocycles. The standard InChI is InChI=1S/C24H44N.BrH/c1-4-5-6-7-8-9-10-11-12-13-14-15-16-17-18-20-25-21-19-23(2)24(3)22-25;/h19,21-22H,4-18,20H2,1-3H3;1H/q+1;/p-1. The number of hydrogen-bond donors (Lipinski definition) is 0. The third-order valence-electron chi connectivity index (χ3n) is 5.52. The molecule has 152 valence electrons. The first-order chi connectivity index (χ1) is 12.2. The molecule has 0 aliphatic rings. The topological polar surface area (TPSA) is 3.88 Å². The summed E-state index contributed by atoms with van der Waals surface area (Å²) in [6.07, 6.45) is 26.1. The lowest BCUT2D eigenvalue weighted by Gasteiger charge is -2.03. The van der Waals surface area contributed by atoms with Crippen LogP contribution in [0, 0.1) is 13.8 Å². The van der Waals surface area contributed by atoms with E-state index in [1.165, 1.54) is 114 Å². The van der Waals surface area contributed by atoms with Crippen molar-refractivity contribution in [3.8, 4) is 0 Å². The summed E-state index contributed by atoms with van der Waals surface area (Å²) >= 11 is 0. The molecule has 1 aromatic heterocycles. The third-order valence-corrected chi connectivity index (χ3v) is 5.52. The van der Waals surface area contributed by atoms with Crippen LogP contribution < -0.4 is 21.5 Å². The Balaban J connectivity index is 0.00000625. The lowest BCUT2D eigenvalue weighted by molar-refractivity contribution is -0.697. The first kappa shape index (κ1) is 25.6. The lowest BCUT2D eigenvalue weighted by Crippen LogP contribution is -3.00. The van der Waals surface area contributed by atoms with Crippen molar-refractivity contribution in [2.75, 3.05) is 0 Å². The maximum absolute atomic E-state index is 2.35. The molecule has 0 fully saturated rings. The number of rotatable bonds is 16. The summed E-state index contributed by atoms with van der Waals surface area (Å²) in [5, 5.41) is 0. The van der Waals surface area contributed by atoms with Crippen molar-refractivity contribution < 1.29 is 21.5 Å². The van der Waals surface area contributed by atoms with E-state index in [9.17, 15) is 0 Å². The Bertz CT molecular complexity index is 430. The van der Waals surface area contributed by atoms with Gasteiger partial charge < -0.3 is 17.0 Å². The van der Waals surface area contributed by atoms with E-state index in [1.807, 2.05) is 0 Å². The zero-order valence-electron chi connectivity index (χ0n) is 17.9. The first-order valence-electron chi connectivity index (χ1n) is 11.2.